The Labute approximate surface area is 96.8 Å². The molecule has 80 valence electrons. The number of hydrogen-bond donors (Lipinski definition) is 0. The maximum atomic E-state index is 6.09. The lowest BCUT2D eigenvalue weighted by Crippen LogP contribution is -2.61. The van der Waals surface area contributed by atoms with Crippen molar-refractivity contribution in [1.29, 1.82) is 0 Å². The van der Waals surface area contributed by atoms with E-state index in [0.29, 0.717) is 0 Å². The van der Waals surface area contributed by atoms with E-state index in [2.05, 4.69) is 15.9 Å². The molecule has 7 rings (SSSR count). The van der Waals surface area contributed by atoms with Crippen LogP contribution < -0.4 is 0 Å². The number of rotatable bonds is 0. The lowest BCUT2D eigenvalue weighted by atomic mass is 9.41. The van der Waals surface area contributed by atoms with Gasteiger partial charge in [0.2, 0.25) is 0 Å². The fraction of sp³-hybridized carbons (Fsp3) is 1.00. The summed E-state index contributed by atoms with van der Waals surface area (Å²) in [7, 11) is 0. The second-order valence-corrected chi connectivity index (χ2v) is 7.44. The minimum absolute atomic E-state index is 0.0849. The van der Waals surface area contributed by atoms with Gasteiger partial charge in [0.25, 0.3) is 0 Å². The van der Waals surface area contributed by atoms with Crippen LogP contribution in [-0.2, 0) is 9.47 Å². The maximum Gasteiger partial charge on any atom is 0.175 e. The van der Waals surface area contributed by atoms with E-state index in [-0.39, 0.29) is 5.79 Å². The molecule has 7 aliphatic rings. The van der Waals surface area contributed by atoms with Gasteiger partial charge in [0.15, 0.2) is 5.79 Å². The first-order valence-corrected chi connectivity index (χ1v) is 7.20. The van der Waals surface area contributed by atoms with Crippen LogP contribution in [0.4, 0.5) is 0 Å². The highest BCUT2D eigenvalue weighted by atomic mass is 79.9. The van der Waals surface area contributed by atoms with Crippen LogP contribution in [0.2, 0.25) is 0 Å². The van der Waals surface area contributed by atoms with E-state index in [9.17, 15) is 0 Å². The zero-order valence-corrected chi connectivity index (χ0v) is 9.89. The number of halogens is 1. The minimum atomic E-state index is -0.0849. The fourth-order valence-corrected chi connectivity index (χ4v) is 8.30. The summed E-state index contributed by atoms with van der Waals surface area (Å²) in [6.07, 6.45) is 0. The summed E-state index contributed by atoms with van der Waals surface area (Å²) in [5.74, 6) is 7.38. The van der Waals surface area contributed by atoms with Crippen molar-refractivity contribution in [2.75, 3.05) is 13.2 Å². The molecule has 9 atom stereocenters. The van der Waals surface area contributed by atoms with Crippen LogP contribution in [0.5, 0.6) is 0 Å². The van der Waals surface area contributed by atoms with E-state index in [1.807, 2.05) is 0 Å². The van der Waals surface area contributed by atoms with Crippen molar-refractivity contribution in [2.45, 2.75) is 10.6 Å². The molecule has 0 amide bonds. The largest absolute Gasteiger partial charge is 0.347 e. The zero-order valence-electron chi connectivity index (χ0n) is 8.30. The fourth-order valence-electron chi connectivity index (χ4n) is 6.91. The molecule has 0 aromatic rings. The van der Waals surface area contributed by atoms with Crippen LogP contribution in [0.3, 0.4) is 0 Å². The van der Waals surface area contributed by atoms with Gasteiger partial charge in [0.05, 0.1) is 13.2 Å². The lowest BCUT2D eigenvalue weighted by molar-refractivity contribution is -0.226. The molecule has 0 unspecified atom stereocenters. The summed E-state index contributed by atoms with van der Waals surface area (Å²) in [5, 5.41) is 0. The number of hydrogen-bond acceptors (Lipinski definition) is 2. The third kappa shape index (κ3) is 0.460. The minimum Gasteiger partial charge on any atom is -0.347 e. The van der Waals surface area contributed by atoms with Gasteiger partial charge in [-0.25, -0.2) is 0 Å². The Morgan fingerprint density at radius 1 is 0.800 bits per heavy atom. The van der Waals surface area contributed by atoms with Crippen LogP contribution in [-0.4, -0.2) is 23.8 Å². The van der Waals surface area contributed by atoms with Gasteiger partial charge in [0, 0.05) is 16.7 Å². The predicted molar refractivity (Wildman–Crippen MR) is 55.3 cm³/mol. The van der Waals surface area contributed by atoms with Crippen molar-refractivity contribution in [1.82, 2.24) is 0 Å². The van der Waals surface area contributed by atoms with Gasteiger partial charge in [-0.2, -0.15) is 0 Å². The molecule has 0 aromatic heterocycles. The Balaban J connectivity index is 1.63. The maximum absolute atomic E-state index is 6.09. The molecule has 1 aliphatic heterocycles. The third-order valence-electron chi connectivity index (χ3n) is 6.73. The predicted octanol–water partition coefficient (Wildman–Crippen LogP) is 1.49. The van der Waals surface area contributed by atoms with Gasteiger partial charge in [-0.1, -0.05) is 15.9 Å². The van der Waals surface area contributed by atoms with Crippen molar-refractivity contribution in [3.63, 3.8) is 0 Å². The van der Waals surface area contributed by atoms with Gasteiger partial charge in [-0.05, 0) is 35.5 Å². The Morgan fingerprint density at radius 2 is 1.40 bits per heavy atom. The van der Waals surface area contributed by atoms with Crippen LogP contribution in [0.25, 0.3) is 0 Å². The first-order valence-electron chi connectivity index (χ1n) is 6.28. The quantitative estimate of drug-likeness (QED) is 0.620. The normalized spacial score (nSPS) is 77.8. The van der Waals surface area contributed by atoms with Crippen LogP contribution in [0.15, 0.2) is 0 Å². The van der Waals surface area contributed by atoms with Crippen molar-refractivity contribution in [3.8, 4) is 0 Å². The molecule has 15 heavy (non-hydrogen) atoms. The summed E-state index contributed by atoms with van der Waals surface area (Å²) >= 11 is 3.96. The number of ether oxygens (including phenoxy) is 2. The first-order chi connectivity index (χ1) is 7.36. The van der Waals surface area contributed by atoms with Crippen LogP contribution in [0.1, 0.15) is 0 Å². The summed E-state index contributed by atoms with van der Waals surface area (Å²) in [6.45, 7) is 1.68. The Hall–Kier alpha value is 0.400. The lowest BCUT2D eigenvalue weighted by Gasteiger charge is -2.63. The van der Waals surface area contributed by atoms with Gasteiger partial charge in [0.1, 0.15) is 0 Å². The SMILES string of the molecule is Br[C@@H]1[C@H]2[C@@H]3[C@@H]4[C@H]1[C@H]1[C@H]2[C@H]3[C@H]4C12OCCO2. The van der Waals surface area contributed by atoms with Gasteiger partial charge < -0.3 is 9.47 Å². The summed E-state index contributed by atoms with van der Waals surface area (Å²) < 4.78 is 12.2. The van der Waals surface area contributed by atoms with Crippen LogP contribution >= 0.6 is 15.9 Å². The summed E-state index contributed by atoms with van der Waals surface area (Å²) in [4.78, 5) is 0.802. The van der Waals surface area contributed by atoms with Gasteiger partial charge in [-0.15, -0.1) is 0 Å². The Bertz CT molecular complexity index is 389. The summed E-state index contributed by atoms with van der Waals surface area (Å²) in [6, 6.07) is 0. The molecule has 6 aliphatic carbocycles. The third-order valence-corrected chi connectivity index (χ3v) is 7.95. The Morgan fingerprint density at radius 3 is 2.07 bits per heavy atom. The average molecular weight is 269 g/mol. The highest BCUT2D eigenvalue weighted by Crippen LogP contribution is 2.92. The molecule has 1 saturated heterocycles. The highest BCUT2D eigenvalue weighted by Gasteiger charge is 2.94. The molecule has 0 N–H and O–H groups in total. The van der Waals surface area contributed by atoms with Crippen molar-refractivity contribution >= 4 is 15.9 Å². The van der Waals surface area contributed by atoms with E-state index >= 15 is 0 Å². The topological polar surface area (TPSA) is 18.5 Å². The molecule has 3 heteroatoms. The zero-order chi connectivity index (χ0) is 9.52. The molecular formula is C12H13BrO2. The summed E-state index contributed by atoms with van der Waals surface area (Å²) in [5.41, 5.74) is 0. The average Bonchev–Trinajstić information content (AvgIpc) is 2.87. The first kappa shape index (κ1) is 7.67. The van der Waals surface area contributed by atoms with E-state index < -0.39 is 0 Å². The van der Waals surface area contributed by atoms with E-state index in [1.165, 1.54) is 0 Å². The second kappa shape index (κ2) is 1.85. The molecular weight excluding hydrogens is 256 g/mol. The molecule has 0 aromatic carbocycles. The van der Waals surface area contributed by atoms with Gasteiger partial charge >= 0.3 is 0 Å². The highest BCUT2D eigenvalue weighted by molar-refractivity contribution is 9.09. The smallest absolute Gasteiger partial charge is 0.175 e. The van der Waals surface area contributed by atoms with Gasteiger partial charge in [-0.3, -0.25) is 0 Å². The van der Waals surface area contributed by atoms with Crippen LogP contribution in [0, 0.1) is 47.3 Å². The molecule has 0 radical (unpaired) electrons. The molecule has 1 spiro atoms. The van der Waals surface area contributed by atoms with E-state index in [1.54, 1.807) is 0 Å². The van der Waals surface area contributed by atoms with E-state index in [4.69, 9.17) is 9.47 Å². The molecule has 1 heterocycles. The molecule has 6 saturated carbocycles. The number of alkyl halides is 1. The van der Waals surface area contributed by atoms with Crippen molar-refractivity contribution in [3.05, 3.63) is 0 Å². The second-order valence-electron chi connectivity index (χ2n) is 6.38. The monoisotopic (exact) mass is 268 g/mol. The Kier molecular flexibility index (Phi) is 0.946. The molecule has 4 bridgehead atoms. The molecule has 2 nitrogen and oxygen atoms in total. The van der Waals surface area contributed by atoms with Crippen molar-refractivity contribution < 1.29 is 9.47 Å². The standard InChI is InChI=1S/C12H13BrO2/c13-11-7-3-4-6(7)10-8(11)5(3)9(4)12(10)14-1-2-15-12/h3-11H,1-2H2/t3-,4-,5+,6-,7-,8-,9+,10+,11+/m0/s1. The van der Waals surface area contributed by atoms with Crippen molar-refractivity contribution in [2.24, 2.45) is 47.3 Å². The molecule has 7 fully saturated rings. The van der Waals surface area contributed by atoms with E-state index in [0.717, 1.165) is 65.4 Å².